The van der Waals surface area contributed by atoms with Crippen LogP contribution in [0, 0.1) is 13.8 Å². The molecule has 1 aliphatic rings. The fourth-order valence-corrected chi connectivity index (χ4v) is 2.79. The molecule has 29 heavy (non-hydrogen) atoms. The van der Waals surface area contributed by atoms with Crippen LogP contribution < -0.4 is 15.0 Å². The lowest BCUT2D eigenvalue weighted by Gasteiger charge is -2.18. The normalized spacial score (nSPS) is 16.3. The number of esters is 1. The van der Waals surface area contributed by atoms with Gasteiger partial charge in [-0.1, -0.05) is 12.1 Å². The number of hydrogen-bond acceptors (Lipinski definition) is 7. The van der Waals surface area contributed by atoms with Gasteiger partial charge in [-0.15, -0.1) is 0 Å². The summed E-state index contributed by atoms with van der Waals surface area (Å²) >= 11 is 0. The van der Waals surface area contributed by atoms with Gasteiger partial charge in [0, 0.05) is 11.4 Å². The number of aromatic nitrogens is 2. The molecule has 0 atom stereocenters. The van der Waals surface area contributed by atoms with Gasteiger partial charge in [0.15, 0.2) is 0 Å². The van der Waals surface area contributed by atoms with Crippen LogP contribution in [0.5, 0.6) is 5.75 Å². The van der Waals surface area contributed by atoms with Gasteiger partial charge in [-0.2, -0.15) is 4.99 Å². The highest BCUT2D eigenvalue weighted by molar-refractivity contribution is 6.30. The second kappa shape index (κ2) is 8.51. The summed E-state index contributed by atoms with van der Waals surface area (Å²) in [5, 5.41) is 2.86. The van der Waals surface area contributed by atoms with Gasteiger partial charge in [0.2, 0.25) is 5.96 Å². The van der Waals surface area contributed by atoms with Gasteiger partial charge in [-0.05, 0) is 39.0 Å². The Hall–Kier alpha value is -3.75. The molecule has 0 bridgehead atoms. The van der Waals surface area contributed by atoms with Gasteiger partial charge in [0.05, 0.1) is 25.5 Å². The van der Waals surface area contributed by atoms with Gasteiger partial charge >= 0.3 is 5.97 Å². The highest BCUT2D eigenvalue weighted by Gasteiger charge is 2.36. The van der Waals surface area contributed by atoms with Crippen LogP contribution in [0.2, 0.25) is 0 Å². The Morgan fingerprint density at radius 2 is 1.93 bits per heavy atom. The Kier molecular flexibility index (Phi) is 5.87. The van der Waals surface area contributed by atoms with Crippen LogP contribution in [0.4, 0.5) is 11.6 Å². The summed E-state index contributed by atoms with van der Waals surface area (Å²) in [4.78, 5) is 39.1. The minimum absolute atomic E-state index is 0.0197. The van der Waals surface area contributed by atoms with Crippen molar-refractivity contribution in [3.05, 3.63) is 53.5 Å². The molecule has 1 N–H and O–H groups in total. The van der Waals surface area contributed by atoms with Crippen LogP contribution in [0.15, 0.2) is 47.1 Å². The zero-order valence-corrected chi connectivity index (χ0v) is 16.6. The first-order chi connectivity index (χ1) is 13.9. The van der Waals surface area contributed by atoms with Crippen molar-refractivity contribution in [3.63, 3.8) is 0 Å². The minimum Gasteiger partial charge on any atom is -0.492 e. The molecule has 1 aliphatic heterocycles. The summed E-state index contributed by atoms with van der Waals surface area (Å²) in [6.45, 7) is 5.93. The van der Waals surface area contributed by atoms with Crippen LogP contribution in [0.1, 0.15) is 18.3 Å². The zero-order valence-electron chi connectivity index (χ0n) is 16.6. The number of carbonyl (C=O) groups is 2. The van der Waals surface area contributed by atoms with E-state index in [1.165, 1.54) is 12.0 Å². The standard InChI is InChI=1S/C20H21N5O4/c1-5-29-16-9-7-6-8-15(16)25-18(27)14(11-17(26)28-4)23-20(25)24-19-21-12(2)10-13(3)22-19/h6-11H,5H2,1-4H3,(H,21,22,23,24)/b14-11+. The number of hydrogen-bond donors (Lipinski definition) is 1. The molecule has 150 valence electrons. The first kappa shape index (κ1) is 20.0. The highest BCUT2D eigenvalue weighted by atomic mass is 16.5. The van der Waals surface area contributed by atoms with Gasteiger partial charge < -0.3 is 14.8 Å². The summed E-state index contributed by atoms with van der Waals surface area (Å²) in [6, 6.07) is 8.87. The first-order valence-electron chi connectivity index (χ1n) is 8.97. The number of aliphatic imine (C=N–C) groups is 1. The molecule has 1 aromatic heterocycles. The summed E-state index contributed by atoms with van der Waals surface area (Å²) in [5.74, 6) is -0.301. The number of methoxy groups -OCH3 is 1. The molecule has 0 spiro atoms. The van der Waals surface area contributed by atoms with Crippen LogP contribution >= 0.6 is 0 Å². The SMILES string of the molecule is CCOc1ccccc1N1C(=O)/C(=C\C(=O)OC)N/C1=N\c1nc(C)cc(C)n1. The fraction of sp³-hybridized carbons (Fsp3) is 0.250. The third kappa shape index (κ3) is 4.40. The number of aryl methyl sites for hydroxylation is 2. The molecule has 1 fully saturated rings. The number of para-hydroxylation sites is 2. The number of guanidine groups is 1. The van der Waals surface area contributed by atoms with E-state index in [-0.39, 0.29) is 17.6 Å². The van der Waals surface area contributed by atoms with E-state index in [4.69, 9.17) is 4.74 Å². The number of carbonyl (C=O) groups excluding carboxylic acids is 2. The molecular formula is C20H21N5O4. The summed E-state index contributed by atoms with van der Waals surface area (Å²) in [7, 11) is 1.24. The van der Waals surface area contributed by atoms with E-state index in [0.717, 1.165) is 17.5 Å². The second-order valence-corrected chi connectivity index (χ2v) is 6.13. The maximum atomic E-state index is 13.1. The lowest BCUT2D eigenvalue weighted by molar-refractivity contribution is -0.135. The molecule has 1 saturated heterocycles. The Balaban J connectivity index is 2.13. The van der Waals surface area contributed by atoms with Gasteiger partial charge in [-0.25, -0.2) is 19.7 Å². The summed E-state index contributed by atoms with van der Waals surface area (Å²) in [6.07, 6.45) is 1.07. The average molecular weight is 395 g/mol. The van der Waals surface area contributed by atoms with E-state index in [1.807, 2.05) is 26.8 Å². The van der Waals surface area contributed by atoms with Crippen molar-refractivity contribution in [3.8, 4) is 5.75 Å². The van der Waals surface area contributed by atoms with E-state index < -0.39 is 11.9 Å². The molecule has 0 unspecified atom stereocenters. The quantitative estimate of drug-likeness (QED) is 0.611. The van der Waals surface area contributed by atoms with E-state index in [2.05, 4.69) is 25.0 Å². The topological polar surface area (TPSA) is 106 Å². The van der Waals surface area contributed by atoms with Gasteiger partial charge in [0.25, 0.3) is 11.9 Å². The number of benzene rings is 1. The lowest BCUT2D eigenvalue weighted by Crippen LogP contribution is -2.32. The smallest absolute Gasteiger partial charge is 0.332 e. The number of anilines is 1. The Labute approximate surface area is 168 Å². The largest absolute Gasteiger partial charge is 0.492 e. The number of nitrogens with zero attached hydrogens (tertiary/aromatic N) is 4. The molecule has 9 heteroatoms. The summed E-state index contributed by atoms with van der Waals surface area (Å²) < 4.78 is 10.3. The average Bonchev–Trinajstić information content (AvgIpc) is 2.96. The van der Waals surface area contributed by atoms with E-state index in [9.17, 15) is 9.59 Å². The van der Waals surface area contributed by atoms with Crippen LogP contribution in [0.25, 0.3) is 0 Å². The van der Waals surface area contributed by atoms with Crippen LogP contribution in [0.3, 0.4) is 0 Å². The minimum atomic E-state index is -0.664. The molecule has 1 amide bonds. The molecule has 0 saturated carbocycles. The van der Waals surface area contributed by atoms with Crippen molar-refractivity contribution < 1.29 is 19.1 Å². The molecule has 2 aromatic rings. The van der Waals surface area contributed by atoms with Crippen molar-refractivity contribution >= 4 is 29.5 Å². The highest BCUT2D eigenvalue weighted by Crippen LogP contribution is 2.31. The molecule has 9 nitrogen and oxygen atoms in total. The number of nitrogens with one attached hydrogen (secondary N) is 1. The van der Waals surface area contributed by atoms with E-state index in [1.54, 1.807) is 24.3 Å². The fourth-order valence-electron chi connectivity index (χ4n) is 2.79. The van der Waals surface area contributed by atoms with Crippen molar-refractivity contribution in [2.24, 2.45) is 4.99 Å². The first-order valence-corrected chi connectivity index (χ1v) is 8.97. The Morgan fingerprint density at radius 3 is 2.59 bits per heavy atom. The molecular weight excluding hydrogens is 374 g/mol. The van der Waals surface area contributed by atoms with Gasteiger partial charge in [0.1, 0.15) is 11.4 Å². The van der Waals surface area contributed by atoms with Crippen molar-refractivity contribution in [1.82, 2.24) is 15.3 Å². The van der Waals surface area contributed by atoms with E-state index in [0.29, 0.717) is 18.0 Å². The zero-order chi connectivity index (χ0) is 21.0. The second-order valence-electron chi connectivity index (χ2n) is 6.13. The Bertz CT molecular complexity index is 995. The third-order valence-electron chi connectivity index (χ3n) is 3.94. The molecule has 2 heterocycles. The molecule has 1 aromatic carbocycles. The Morgan fingerprint density at radius 1 is 1.24 bits per heavy atom. The molecule has 3 rings (SSSR count). The van der Waals surface area contributed by atoms with Crippen molar-refractivity contribution in [1.29, 1.82) is 0 Å². The molecule has 0 radical (unpaired) electrons. The number of amides is 1. The lowest BCUT2D eigenvalue weighted by atomic mass is 10.2. The number of ether oxygens (including phenoxy) is 2. The summed E-state index contributed by atoms with van der Waals surface area (Å²) in [5.41, 5.74) is 1.98. The predicted octanol–water partition coefficient (Wildman–Crippen LogP) is 2.17. The predicted molar refractivity (Wildman–Crippen MR) is 107 cm³/mol. The third-order valence-corrected chi connectivity index (χ3v) is 3.94. The van der Waals surface area contributed by atoms with E-state index >= 15 is 0 Å². The van der Waals surface area contributed by atoms with Crippen molar-refractivity contribution in [2.45, 2.75) is 20.8 Å². The maximum Gasteiger partial charge on any atom is 0.332 e. The maximum absolute atomic E-state index is 13.1. The molecule has 0 aliphatic carbocycles. The van der Waals surface area contributed by atoms with Crippen LogP contribution in [-0.4, -0.2) is 41.5 Å². The number of rotatable bonds is 5. The van der Waals surface area contributed by atoms with Gasteiger partial charge in [-0.3, -0.25) is 4.79 Å². The monoisotopic (exact) mass is 395 g/mol. The van der Waals surface area contributed by atoms with Crippen molar-refractivity contribution in [2.75, 3.05) is 18.6 Å². The van der Waals surface area contributed by atoms with Crippen LogP contribution in [-0.2, 0) is 14.3 Å².